The number of benzene rings is 2. The molecule has 2 atom stereocenters. The SMILES string of the molecule is COC(=O)c1nnn(C[C@H]2Cc3c(c(OC)c4c(OC)cccc4c3OC)[C@@H](C)O2)c1C. The molecule has 0 saturated carbocycles. The number of carbonyl (C=O) groups excluding carboxylic acids is 1. The number of fused-ring (bicyclic) bond motifs is 2. The average molecular weight is 441 g/mol. The molecule has 0 unspecified atom stereocenters. The summed E-state index contributed by atoms with van der Waals surface area (Å²) >= 11 is 0. The van der Waals surface area contributed by atoms with Crippen LogP contribution in [0.4, 0.5) is 0 Å². The molecule has 170 valence electrons. The summed E-state index contributed by atoms with van der Waals surface area (Å²) in [6.45, 7) is 4.21. The first-order chi connectivity index (χ1) is 15.4. The van der Waals surface area contributed by atoms with E-state index in [9.17, 15) is 4.79 Å². The van der Waals surface area contributed by atoms with Gasteiger partial charge in [-0.2, -0.15) is 0 Å². The molecular weight excluding hydrogens is 414 g/mol. The third kappa shape index (κ3) is 3.42. The van der Waals surface area contributed by atoms with E-state index in [-0.39, 0.29) is 17.9 Å². The Bertz CT molecular complexity index is 1170. The van der Waals surface area contributed by atoms with Crippen LogP contribution < -0.4 is 14.2 Å². The monoisotopic (exact) mass is 441 g/mol. The number of hydrogen-bond donors (Lipinski definition) is 0. The van der Waals surface area contributed by atoms with Crippen LogP contribution in [0.3, 0.4) is 0 Å². The van der Waals surface area contributed by atoms with Crippen molar-refractivity contribution in [3.05, 3.63) is 40.7 Å². The molecule has 32 heavy (non-hydrogen) atoms. The van der Waals surface area contributed by atoms with Crippen molar-refractivity contribution in [1.82, 2.24) is 15.0 Å². The number of hydrogen-bond acceptors (Lipinski definition) is 8. The Morgan fingerprint density at radius 1 is 1.16 bits per heavy atom. The van der Waals surface area contributed by atoms with Crippen LogP contribution in [0.2, 0.25) is 0 Å². The molecule has 0 saturated heterocycles. The highest BCUT2D eigenvalue weighted by Crippen LogP contribution is 2.50. The Kier molecular flexibility index (Phi) is 5.92. The van der Waals surface area contributed by atoms with Crippen LogP contribution in [0, 0.1) is 6.92 Å². The topological polar surface area (TPSA) is 93.9 Å². The third-order valence-electron chi connectivity index (χ3n) is 5.94. The van der Waals surface area contributed by atoms with Gasteiger partial charge in [0.15, 0.2) is 5.69 Å². The number of carbonyl (C=O) groups is 1. The molecule has 0 aliphatic carbocycles. The largest absolute Gasteiger partial charge is 0.496 e. The van der Waals surface area contributed by atoms with Crippen molar-refractivity contribution >= 4 is 16.7 Å². The highest BCUT2D eigenvalue weighted by atomic mass is 16.5. The third-order valence-corrected chi connectivity index (χ3v) is 5.94. The van der Waals surface area contributed by atoms with E-state index in [1.807, 2.05) is 25.1 Å². The number of rotatable bonds is 6. The fourth-order valence-corrected chi connectivity index (χ4v) is 4.51. The van der Waals surface area contributed by atoms with Gasteiger partial charge in [0, 0.05) is 22.9 Å². The van der Waals surface area contributed by atoms with E-state index in [1.165, 1.54) is 7.11 Å². The van der Waals surface area contributed by atoms with Gasteiger partial charge in [-0.1, -0.05) is 17.3 Å². The molecule has 9 heteroatoms. The molecule has 0 amide bonds. The van der Waals surface area contributed by atoms with E-state index in [0.29, 0.717) is 24.4 Å². The molecular formula is C23H27N3O6. The minimum absolute atomic E-state index is 0.203. The van der Waals surface area contributed by atoms with Crippen LogP contribution in [0.5, 0.6) is 17.2 Å². The molecule has 0 radical (unpaired) electrons. The lowest BCUT2D eigenvalue weighted by Gasteiger charge is -2.33. The Hall–Kier alpha value is -3.33. The summed E-state index contributed by atoms with van der Waals surface area (Å²) in [5, 5.41) is 9.86. The number of ether oxygens (including phenoxy) is 5. The van der Waals surface area contributed by atoms with Crippen molar-refractivity contribution in [2.45, 2.75) is 39.0 Å². The van der Waals surface area contributed by atoms with Crippen LogP contribution in [0.25, 0.3) is 10.8 Å². The Labute approximate surface area is 186 Å². The zero-order valence-corrected chi connectivity index (χ0v) is 19.1. The molecule has 2 heterocycles. The maximum absolute atomic E-state index is 11.9. The minimum Gasteiger partial charge on any atom is -0.496 e. The summed E-state index contributed by atoms with van der Waals surface area (Å²) in [5.41, 5.74) is 2.81. The van der Waals surface area contributed by atoms with Gasteiger partial charge >= 0.3 is 5.97 Å². The predicted octanol–water partition coefficient (Wildman–Crippen LogP) is 3.25. The van der Waals surface area contributed by atoms with Gasteiger partial charge in [0.05, 0.1) is 58.3 Å². The molecule has 1 aliphatic rings. The van der Waals surface area contributed by atoms with Gasteiger partial charge in [0.1, 0.15) is 17.2 Å². The lowest BCUT2D eigenvalue weighted by molar-refractivity contribution is -0.0276. The van der Waals surface area contributed by atoms with Gasteiger partial charge in [0.2, 0.25) is 0 Å². The molecule has 0 bridgehead atoms. The van der Waals surface area contributed by atoms with Crippen molar-refractivity contribution in [3.63, 3.8) is 0 Å². The van der Waals surface area contributed by atoms with Crippen molar-refractivity contribution in [1.29, 1.82) is 0 Å². The molecule has 0 N–H and O–H groups in total. The van der Waals surface area contributed by atoms with Crippen molar-refractivity contribution < 1.29 is 28.5 Å². The van der Waals surface area contributed by atoms with Gasteiger partial charge in [0.25, 0.3) is 0 Å². The number of esters is 1. The lowest BCUT2D eigenvalue weighted by atomic mass is 9.88. The summed E-state index contributed by atoms with van der Waals surface area (Å²) in [4.78, 5) is 11.9. The second-order valence-corrected chi connectivity index (χ2v) is 7.64. The predicted molar refractivity (Wildman–Crippen MR) is 117 cm³/mol. The van der Waals surface area contributed by atoms with Crippen LogP contribution in [-0.4, -0.2) is 55.5 Å². The second-order valence-electron chi connectivity index (χ2n) is 7.64. The van der Waals surface area contributed by atoms with E-state index in [4.69, 9.17) is 23.7 Å². The van der Waals surface area contributed by atoms with Crippen LogP contribution in [0.1, 0.15) is 40.3 Å². The Morgan fingerprint density at radius 2 is 1.91 bits per heavy atom. The van der Waals surface area contributed by atoms with Gasteiger partial charge < -0.3 is 23.7 Å². The maximum Gasteiger partial charge on any atom is 0.360 e. The number of methoxy groups -OCH3 is 4. The highest BCUT2D eigenvalue weighted by Gasteiger charge is 2.34. The van der Waals surface area contributed by atoms with Crippen molar-refractivity contribution in [2.24, 2.45) is 0 Å². The fraction of sp³-hybridized carbons (Fsp3) is 0.435. The zero-order chi connectivity index (χ0) is 23.0. The van der Waals surface area contributed by atoms with Gasteiger partial charge in [-0.05, 0) is 19.9 Å². The summed E-state index contributed by atoms with van der Waals surface area (Å²) < 4.78 is 30.1. The Morgan fingerprint density at radius 3 is 2.56 bits per heavy atom. The summed E-state index contributed by atoms with van der Waals surface area (Å²) in [5.74, 6) is 1.71. The van der Waals surface area contributed by atoms with E-state index < -0.39 is 5.97 Å². The number of nitrogens with zero attached hydrogens (tertiary/aromatic N) is 3. The summed E-state index contributed by atoms with van der Waals surface area (Å²) in [6, 6.07) is 5.84. The number of aromatic nitrogens is 3. The normalized spacial score (nSPS) is 17.7. The maximum atomic E-state index is 11.9. The first-order valence-electron chi connectivity index (χ1n) is 10.3. The Balaban J connectivity index is 1.79. The van der Waals surface area contributed by atoms with Gasteiger partial charge in [-0.3, -0.25) is 0 Å². The second kappa shape index (κ2) is 8.66. The molecule has 4 rings (SSSR count). The van der Waals surface area contributed by atoms with Crippen LogP contribution in [0.15, 0.2) is 18.2 Å². The highest BCUT2D eigenvalue weighted by molar-refractivity contribution is 6.00. The van der Waals surface area contributed by atoms with Crippen LogP contribution in [-0.2, 0) is 22.4 Å². The molecule has 1 aliphatic heterocycles. The molecule has 9 nitrogen and oxygen atoms in total. The van der Waals surface area contributed by atoms with Crippen LogP contribution >= 0.6 is 0 Å². The van der Waals surface area contributed by atoms with E-state index in [1.54, 1.807) is 32.9 Å². The molecule has 1 aromatic heterocycles. The average Bonchev–Trinajstić information content (AvgIpc) is 3.16. The van der Waals surface area contributed by atoms with Crippen molar-refractivity contribution in [2.75, 3.05) is 28.4 Å². The van der Waals surface area contributed by atoms with Gasteiger partial charge in [-0.25, -0.2) is 9.48 Å². The molecule has 2 aromatic carbocycles. The zero-order valence-electron chi connectivity index (χ0n) is 19.1. The van der Waals surface area contributed by atoms with E-state index in [2.05, 4.69) is 10.3 Å². The van der Waals surface area contributed by atoms with E-state index >= 15 is 0 Å². The standard InChI is InChI=1S/C23H27N3O6/c1-12-20(23(27)31-6)24-25-26(12)11-14-10-16-18(13(2)32-14)22(30-5)19-15(21(16)29-4)8-7-9-17(19)28-3/h7-9,13-14H,10-11H2,1-6H3/t13-,14-/m1/s1. The quantitative estimate of drug-likeness (QED) is 0.538. The summed E-state index contributed by atoms with van der Waals surface area (Å²) in [7, 11) is 6.28. The lowest BCUT2D eigenvalue weighted by Crippen LogP contribution is -2.30. The van der Waals surface area contributed by atoms with Crippen molar-refractivity contribution in [3.8, 4) is 17.2 Å². The molecule has 0 fully saturated rings. The minimum atomic E-state index is -0.510. The van der Waals surface area contributed by atoms with E-state index in [0.717, 1.165) is 33.4 Å². The van der Waals surface area contributed by atoms with Gasteiger partial charge in [-0.15, -0.1) is 5.10 Å². The first-order valence-corrected chi connectivity index (χ1v) is 10.3. The first kappa shape index (κ1) is 21.9. The smallest absolute Gasteiger partial charge is 0.360 e. The molecule has 3 aromatic rings. The molecule has 0 spiro atoms. The summed E-state index contributed by atoms with van der Waals surface area (Å²) in [6.07, 6.45) is 0.120. The fourth-order valence-electron chi connectivity index (χ4n) is 4.51.